The molecule has 0 aromatic carbocycles. The molecule has 2 aliphatic heterocycles. The Hall–Kier alpha value is -2.85. The van der Waals surface area contributed by atoms with E-state index in [0.717, 1.165) is 25.7 Å². The number of hydrogen-bond acceptors (Lipinski definition) is 16. The predicted molar refractivity (Wildman–Crippen MR) is 147 cm³/mol. The van der Waals surface area contributed by atoms with Gasteiger partial charge in [-0.25, -0.2) is 18.2 Å². The van der Waals surface area contributed by atoms with Gasteiger partial charge in [0.25, 0.3) is 0 Å². The van der Waals surface area contributed by atoms with E-state index in [1.807, 2.05) is 0 Å². The van der Waals surface area contributed by atoms with Gasteiger partial charge in [-0.05, 0) is 23.9 Å². The zero-order valence-electron chi connectivity index (χ0n) is 22.9. The summed E-state index contributed by atoms with van der Waals surface area (Å²) in [5.41, 5.74) is -0.548. The fraction of sp³-hybridized carbons (Fsp3) is 0.583. The van der Waals surface area contributed by atoms with Crippen LogP contribution >= 0.6 is 19.2 Å². The first-order valence-corrected chi connectivity index (χ1v) is 17.4. The number of nitriles is 1. The lowest BCUT2D eigenvalue weighted by atomic mass is 10.1. The van der Waals surface area contributed by atoms with E-state index in [1.165, 1.54) is 10.8 Å². The molecular formula is C24H28ClN4O13PS. The van der Waals surface area contributed by atoms with Crippen molar-refractivity contribution in [2.75, 3.05) is 23.4 Å². The first-order chi connectivity index (χ1) is 20.9. The Morgan fingerprint density at radius 3 is 2.64 bits per heavy atom. The van der Waals surface area contributed by atoms with Crippen LogP contribution in [0.2, 0.25) is 5.15 Å². The number of halogens is 1. The number of nitrogens with zero attached hydrogens (tertiary/aromatic N) is 3. The van der Waals surface area contributed by atoms with Crippen molar-refractivity contribution >= 4 is 57.7 Å². The highest BCUT2D eigenvalue weighted by Crippen LogP contribution is 2.50. The van der Waals surface area contributed by atoms with E-state index in [-0.39, 0.29) is 22.4 Å². The summed E-state index contributed by atoms with van der Waals surface area (Å²) >= 11 is 6.35. The number of aliphatic hydroxyl groups excluding tert-OH is 2. The van der Waals surface area contributed by atoms with E-state index >= 15 is 0 Å². The average molecular weight is 679 g/mol. The maximum Gasteiger partial charge on any atom is 0.380 e. The summed E-state index contributed by atoms with van der Waals surface area (Å²) in [4.78, 5) is 31.6. The molecule has 1 unspecified atom stereocenters. The van der Waals surface area contributed by atoms with E-state index < -0.39 is 84.8 Å². The smallest absolute Gasteiger partial charge is 0.380 e. The number of aromatic nitrogens is 2. The summed E-state index contributed by atoms with van der Waals surface area (Å²) < 4.78 is 60.1. The fourth-order valence-electron chi connectivity index (χ4n) is 5.18. The molecule has 0 bridgehead atoms. The second-order valence-electron chi connectivity index (χ2n) is 10.4. The van der Waals surface area contributed by atoms with Gasteiger partial charge >= 0.3 is 19.5 Å². The molecule has 0 amide bonds. The van der Waals surface area contributed by atoms with Crippen LogP contribution in [0.5, 0.6) is 0 Å². The number of hydrogen-bond donors (Lipinski definition) is 3. The molecule has 0 radical (unpaired) electrons. The highest BCUT2D eigenvalue weighted by molar-refractivity contribution is 7.97. The molecule has 0 spiro atoms. The van der Waals surface area contributed by atoms with E-state index in [1.54, 1.807) is 6.07 Å². The Morgan fingerprint density at radius 1 is 1.18 bits per heavy atom. The number of carbonyl (C=O) groups is 2. The third-order valence-electron chi connectivity index (χ3n) is 7.29. The number of fused-ring (bicyclic) bond motifs is 1. The Kier molecular flexibility index (Phi) is 9.80. The van der Waals surface area contributed by atoms with Crippen molar-refractivity contribution in [3.63, 3.8) is 0 Å². The van der Waals surface area contributed by atoms with Gasteiger partial charge in [-0.2, -0.15) is 5.26 Å². The van der Waals surface area contributed by atoms with Crippen molar-refractivity contribution in [2.24, 2.45) is 0 Å². The summed E-state index contributed by atoms with van der Waals surface area (Å²) in [7, 11) is -9.27. The van der Waals surface area contributed by atoms with Crippen molar-refractivity contribution in [3.8, 4) is 6.07 Å². The largest absolute Gasteiger partial charge is 0.438 e. The Balaban J connectivity index is 1.34. The van der Waals surface area contributed by atoms with Crippen LogP contribution in [0, 0.1) is 11.3 Å². The molecule has 17 nitrogen and oxygen atoms in total. The SMILES string of the molecule is N#Cc1c(Cl)nc2c(ccn2[C@@H]2O[C@H](CS(=O)(=O)CP3(=O)OCOC(=O)CCC(=O)OOO3)[C@@H](O)[C@H]2O)c1NC1CCCC1. The fourth-order valence-corrected chi connectivity index (χ4v) is 9.37. The topological polar surface area (TPSA) is 235 Å². The van der Waals surface area contributed by atoms with Crippen LogP contribution in [0.15, 0.2) is 12.3 Å². The van der Waals surface area contributed by atoms with Crippen LogP contribution in [0.25, 0.3) is 11.0 Å². The van der Waals surface area contributed by atoms with Crippen LogP contribution in [-0.4, -0.2) is 82.5 Å². The molecule has 1 aliphatic carbocycles. The standard InChI is InChI=1S/C24H28ClN4O13PS/c25-22-15(9-26)19(27-13-3-1-2-4-13)14-7-8-29(23(14)28-22)24-21(33)20(32)16(39-24)10-44(35,36)12-43(34)38-11-37-17(30)5-6-18(31)40-41-42-43/h7-8,13,16,20-21,24,32-33H,1-6,10-12H2,(H,27,28)/t16-,20-,21-,24-,43?/m1/s1. The number of aliphatic hydroxyl groups is 2. The van der Waals surface area contributed by atoms with Crippen molar-refractivity contribution in [2.45, 2.75) is 69.1 Å². The van der Waals surface area contributed by atoms with Gasteiger partial charge in [0, 0.05) is 17.6 Å². The van der Waals surface area contributed by atoms with Gasteiger partial charge in [0.1, 0.15) is 35.6 Å². The number of esters is 1. The minimum atomic E-state index is -4.77. The minimum absolute atomic E-state index is 0.0997. The normalized spacial score (nSPS) is 29.1. The molecule has 5 rings (SSSR count). The molecule has 3 fully saturated rings. The number of cyclic esters (lactones) is 1. The first kappa shape index (κ1) is 32.5. The van der Waals surface area contributed by atoms with Gasteiger partial charge in [0.2, 0.25) is 6.79 Å². The average Bonchev–Trinajstić information content (AvgIpc) is 3.68. The molecule has 240 valence electrons. The van der Waals surface area contributed by atoms with Gasteiger partial charge < -0.3 is 29.6 Å². The lowest BCUT2D eigenvalue weighted by Gasteiger charge is -2.20. The zero-order chi connectivity index (χ0) is 31.6. The third kappa shape index (κ3) is 7.17. The zero-order valence-corrected chi connectivity index (χ0v) is 25.3. The summed E-state index contributed by atoms with van der Waals surface area (Å²) in [5.74, 6) is -2.97. The molecule has 2 saturated heterocycles. The molecule has 20 heteroatoms. The third-order valence-corrected chi connectivity index (χ3v) is 12.0. The van der Waals surface area contributed by atoms with Gasteiger partial charge in [-0.15, -0.1) is 4.67 Å². The molecule has 3 aliphatic rings. The number of carbonyl (C=O) groups excluding carboxylic acids is 2. The van der Waals surface area contributed by atoms with Crippen LogP contribution in [0.4, 0.5) is 5.69 Å². The minimum Gasteiger partial charge on any atom is -0.438 e. The van der Waals surface area contributed by atoms with Crippen LogP contribution in [0.1, 0.15) is 50.3 Å². The van der Waals surface area contributed by atoms with Gasteiger partial charge in [-0.3, -0.25) is 18.8 Å². The number of anilines is 1. The molecule has 5 atom stereocenters. The molecule has 2 aromatic heterocycles. The molecule has 1 saturated carbocycles. The maximum absolute atomic E-state index is 13.0. The van der Waals surface area contributed by atoms with E-state index in [2.05, 4.69) is 35.7 Å². The number of sulfone groups is 1. The molecule has 2 aromatic rings. The Labute approximate surface area is 255 Å². The van der Waals surface area contributed by atoms with E-state index in [4.69, 9.17) is 20.9 Å². The molecule has 44 heavy (non-hydrogen) atoms. The monoisotopic (exact) mass is 678 g/mol. The first-order valence-electron chi connectivity index (χ1n) is 13.4. The number of nitrogens with one attached hydrogen (secondary N) is 1. The summed E-state index contributed by atoms with van der Waals surface area (Å²) in [6.07, 6.45) is -1.72. The van der Waals surface area contributed by atoms with Crippen molar-refractivity contribution in [3.05, 3.63) is 23.0 Å². The molecule has 4 heterocycles. The lowest BCUT2D eigenvalue weighted by molar-refractivity contribution is -0.440. The summed E-state index contributed by atoms with van der Waals surface area (Å²) in [6.45, 7) is -0.978. The number of pyridine rings is 1. The quantitative estimate of drug-likeness (QED) is 0.164. The molecular weight excluding hydrogens is 651 g/mol. The van der Waals surface area contributed by atoms with Crippen molar-refractivity contribution < 1.29 is 61.4 Å². The van der Waals surface area contributed by atoms with Gasteiger partial charge in [0.15, 0.2) is 26.7 Å². The Bertz CT molecular complexity index is 1600. The van der Waals surface area contributed by atoms with Crippen LogP contribution in [-0.2, 0) is 52.6 Å². The van der Waals surface area contributed by atoms with E-state index in [0.29, 0.717) is 11.1 Å². The van der Waals surface area contributed by atoms with Gasteiger partial charge in [-0.1, -0.05) is 24.4 Å². The van der Waals surface area contributed by atoms with Crippen LogP contribution in [0.3, 0.4) is 0 Å². The number of ether oxygens (including phenoxy) is 2. The Morgan fingerprint density at radius 2 is 1.91 bits per heavy atom. The lowest BCUT2D eigenvalue weighted by Crippen LogP contribution is -2.36. The summed E-state index contributed by atoms with van der Waals surface area (Å²) in [6, 6.07) is 3.81. The predicted octanol–water partition coefficient (Wildman–Crippen LogP) is 1.82. The van der Waals surface area contributed by atoms with E-state index in [9.17, 15) is 38.0 Å². The van der Waals surface area contributed by atoms with Crippen LogP contribution < -0.4 is 5.32 Å². The second-order valence-corrected chi connectivity index (χ2v) is 15.2. The van der Waals surface area contributed by atoms with Crippen molar-refractivity contribution in [1.29, 1.82) is 5.26 Å². The highest BCUT2D eigenvalue weighted by atomic mass is 35.5. The van der Waals surface area contributed by atoms with Crippen molar-refractivity contribution in [1.82, 2.24) is 9.55 Å². The number of rotatable bonds is 7. The second kappa shape index (κ2) is 13.3. The summed E-state index contributed by atoms with van der Waals surface area (Å²) in [5, 5.41) is 39.2. The maximum atomic E-state index is 13.0. The highest BCUT2D eigenvalue weighted by Gasteiger charge is 2.47. The molecule has 3 N–H and O–H groups in total. The van der Waals surface area contributed by atoms with Gasteiger partial charge in [0.05, 0.1) is 24.3 Å².